The molecule has 0 spiro atoms. The summed E-state index contributed by atoms with van der Waals surface area (Å²) in [6.45, 7) is 0. The molecule has 4 N–H and O–H groups in total. The Hall–Kier alpha value is -2.05. The number of carbonyl (C=O) groups is 1. The number of hydrogen-bond donors (Lipinski definition) is 4. The van der Waals surface area contributed by atoms with Gasteiger partial charge in [0.15, 0.2) is 22.9 Å². The molecule has 1 radical (unpaired) electrons. The van der Waals surface area contributed by atoms with Gasteiger partial charge in [0.25, 0.3) is 0 Å². The van der Waals surface area contributed by atoms with Crippen molar-refractivity contribution in [2.45, 2.75) is 30.7 Å². The number of hydrogen-bond acceptors (Lipinski definition) is 9. The van der Waals surface area contributed by atoms with Crippen molar-refractivity contribution in [1.29, 1.82) is 0 Å². The number of nitrogens with zero attached hydrogens (tertiary/aromatic N) is 1. The number of ether oxygens (including phenoxy) is 2. The number of aliphatic carboxylic acids is 1. The van der Waals surface area contributed by atoms with Gasteiger partial charge in [-0.2, -0.15) is 0 Å². The van der Waals surface area contributed by atoms with Gasteiger partial charge in [-0.15, -0.1) is 0 Å². The first-order valence-corrected chi connectivity index (χ1v) is 8.27. The Labute approximate surface area is 184 Å². The molecule has 3 aliphatic rings. The van der Waals surface area contributed by atoms with Crippen LogP contribution in [0.5, 0.6) is 5.75 Å². The SMILES string of the molecule is O=C(O)C1OC(Oc2ccc3nc4ccc(=O)cc-4oc3c2)C(O)C(O)C1O.[Na]. The Morgan fingerprint density at radius 2 is 1.79 bits per heavy atom. The van der Waals surface area contributed by atoms with Crippen molar-refractivity contribution in [3.63, 3.8) is 0 Å². The zero-order valence-electron chi connectivity index (χ0n) is 15.1. The van der Waals surface area contributed by atoms with E-state index >= 15 is 0 Å². The average Bonchev–Trinajstić information content (AvgIpc) is 2.66. The zero-order valence-corrected chi connectivity index (χ0v) is 17.1. The second-order valence-electron chi connectivity index (χ2n) is 6.33. The Bertz CT molecular complexity index is 1070. The molecule has 1 saturated heterocycles. The minimum absolute atomic E-state index is 0. The number of rotatable bonds is 3. The first-order valence-electron chi connectivity index (χ1n) is 8.27. The molecule has 0 saturated carbocycles. The van der Waals surface area contributed by atoms with Gasteiger partial charge in [0.2, 0.25) is 6.29 Å². The zero-order chi connectivity index (χ0) is 20.0. The summed E-state index contributed by atoms with van der Waals surface area (Å²) in [4.78, 5) is 27.0. The van der Waals surface area contributed by atoms with Crippen LogP contribution < -0.4 is 10.2 Å². The van der Waals surface area contributed by atoms with Gasteiger partial charge >= 0.3 is 5.97 Å². The fourth-order valence-electron chi connectivity index (χ4n) is 2.94. The molecule has 147 valence electrons. The summed E-state index contributed by atoms with van der Waals surface area (Å²) in [6, 6.07) is 8.67. The third kappa shape index (κ3) is 4.14. The fraction of sp³-hybridized carbons (Fsp3) is 0.278. The van der Waals surface area contributed by atoms with Crippen molar-refractivity contribution < 1.29 is 39.1 Å². The maximum absolute atomic E-state index is 11.5. The molecule has 1 aliphatic carbocycles. The van der Waals surface area contributed by atoms with E-state index in [-0.39, 0.29) is 52.1 Å². The van der Waals surface area contributed by atoms with Crippen molar-refractivity contribution >= 4 is 46.6 Å². The Balaban J connectivity index is 0.00000240. The van der Waals surface area contributed by atoms with E-state index in [2.05, 4.69) is 4.98 Å². The number of aliphatic hydroxyl groups is 3. The van der Waals surface area contributed by atoms with Crippen LogP contribution in [0, 0.1) is 0 Å². The van der Waals surface area contributed by atoms with Crippen LogP contribution in [0.3, 0.4) is 0 Å². The summed E-state index contributed by atoms with van der Waals surface area (Å²) in [5.41, 5.74) is 1.00. The monoisotopic (exact) mass is 412 g/mol. The summed E-state index contributed by atoms with van der Waals surface area (Å²) in [5, 5.41) is 38.7. The van der Waals surface area contributed by atoms with Crippen LogP contribution in [0.2, 0.25) is 0 Å². The molecular formula is C18H15NNaO9. The second kappa shape index (κ2) is 8.36. The van der Waals surface area contributed by atoms with Gasteiger partial charge in [-0.05, 0) is 24.3 Å². The fourth-order valence-corrected chi connectivity index (χ4v) is 2.94. The first-order chi connectivity index (χ1) is 13.3. The maximum Gasteiger partial charge on any atom is 0.335 e. The molecule has 2 heterocycles. The van der Waals surface area contributed by atoms with E-state index in [0.717, 1.165) is 0 Å². The molecule has 5 unspecified atom stereocenters. The average molecular weight is 412 g/mol. The van der Waals surface area contributed by atoms with E-state index in [4.69, 9.17) is 19.0 Å². The first kappa shape index (κ1) is 21.7. The second-order valence-corrected chi connectivity index (χ2v) is 6.33. The molecule has 0 aromatic heterocycles. The Morgan fingerprint density at radius 3 is 2.52 bits per heavy atom. The third-order valence-electron chi connectivity index (χ3n) is 4.39. The van der Waals surface area contributed by atoms with Gasteiger partial charge in [0, 0.05) is 41.7 Å². The quantitative estimate of drug-likeness (QED) is 0.316. The molecule has 10 nitrogen and oxygen atoms in total. The predicted molar refractivity (Wildman–Crippen MR) is 97.6 cm³/mol. The number of benzene rings is 2. The van der Waals surface area contributed by atoms with Gasteiger partial charge in [0.05, 0.1) is 0 Å². The van der Waals surface area contributed by atoms with E-state index in [0.29, 0.717) is 11.2 Å². The number of carboxylic acids is 1. The van der Waals surface area contributed by atoms with Crippen LogP contribution in [0.15, 0.2) is 45.6 Å². The van der Waals surface area contributed by atoms with Crippen molar-refractivity contribution in [2.24, 2.45) is 0 Å². The molecule has 0 bridgehead atoms. The molecule has 1 fully saturated rings. The van der Waals surface area contributed by atoms with Gasteiger partial charge in [-0.1, -0.05) is 0 Å². The van der Waals surface area contributed by atoms with Gasteiger partial charge in [0.1, 0.15) is 35.3 Å². The van der Waals surface area contributed by atoms with Gasteiger partial charge < -0.3 is 34.3 Å². The topological polar surface area (TPSA) is 160 Å². The molecule has 1 aromatic rings. The Morgan fingerprint density at radius 1 is 1.03 bits per heavy atom. The minimum Gasteiger partial charge on any atom is -0.479 e. The predicted octanol–water partition coefficient (Wildman–Crippen LogP) is -0.817. The largest absolute Gasteiger partial charge is 0.479 e. The van der Waals surface area contributed by atoms with E-state index in [9.17, 15) is 24.9 Å². The maximum atomic E-state index is 11.5. The molecule has 0 amide bonds. The van der Waals surface area contributed by atoms with Crippen molar-refractivity contribution in [3.05, 3.63) is 46.6 Å². The normalized spacial score (nSPS) is 26.8. The number of aliphatic hydroxyl groups excluding tert-OH is 3. The smallest absolute Gasteiger partial charge is 0.335 e. The van der Waals surface area contributed by atoms with Crippen LogP contribution in [0.25, 0.3) is 22.6 Å². The van der Waals surface area contributed by atoms with E-state index in [1.54, 1.807) is 6.07 Å². The van der Waals surface area contributed by atoms with Crippen LogP contribution in [-0.4, -0.2) is 91.6 Å². The number of fused-ring (bicyclic) bond motifs is 2. The third-order valence-corrected chi connectivity index (χ3v) is 4.39. The molecule has 4 rings (SSSR count). The number of aromatic nitrogens is 1. The summed E-state index contributed by atoms with van der Waals surface area (Å²) in [7, 11) is 0. The van der Waals surface area contributed by atoms with Crippen LogP contribution in [0.1, 0.15) is 0 Å². The summed E-state index contributed by atoms with van der Waals surface area (Å²) >= 11 is 0. The van der Waals surface area contributed by atoms with E-state index in [1.807, 2.05) is 0 Å². The van der Waals surface area contributed by atoms with Gasteiger partial charge in [-0.3, -0.25) is 4.79 Å². The van der Waals surface area contributed by atoms with Crippen molar-refractivity contribution in [3.8, 4) is 17.2 Å². The molecule has 11 heteroatoms. The van der Waals surface area contributed by atoms with Crippen molar-refractivity contribution in [2.75, 3.05) is 0 Å². The molecular weight excluding hydrogens is 397 g/mol. The molecule has 29 heavy (non-hydrogen) atoms. The van der Waals surface area contributed by atoms with Crippen LogP contribution in [-0.2, 0) is 9.53 Å². The van der Waals surface area contributed by atoms with Gasteiger partial charge in [-0.25, -0.2) is 9.78 Å². The van der Waals surface area contributed by atoms with E-state index < -0.39 is 36.7 Å². The summed E-state index contributed by atoms with van der Waals surface area (Å²) < 4.78 is 16.2. The summed E-state index contributed by atoms with van der Waals surface area (Å²) in [6.07, 6.45) is -8.58. The molecule has 2 aliphatic heterocycles. The van der Waals surface area contributed by atoms with Crippen LogP contribution >= 0.6 is 0 Å². The standard InChI is InChI=1S/C18H15NO9.Na/c20-7-1-3-9-11(5-7)27-12-6-8(2-4-10(12)19-9)26-18-15(23)13(21)14(22)16(28-18)17(24)25;/h1-6,13-16,18,21-23H,(H,24,25);. The Kier molecular flexibility index (Phi) is 6.24. The van der Waals surface area contributed by atoms with E-state index in [1.165, 1.54) is 30.3 Å². The summed E-state index contributed by atoms with van der Waals surface area (Å²) in [5.74, 6) is -1.10. The minimum atomic E-state index is -1.81. The number of carboxylic acid groups (broad SMARTS) is 1. The van der Waals surface area contributed by atoms with Crippen LogP contribution in [0.4, 0.5) is 0 Å². The van der Waals surface area contributed by atoms with Crippen molar-refractivity contribution in [1.82, 2.24) is 4.98 Å². The molecule has 1 aromatic carbocycles. The molecule has 5 atom stereocenters.